The first kappa shape index (κ1) is 24.8. The van der Waals surface area contributed by atoms with Crippen molar-refractivity contribution in [2.45, 2.75) is 46.3 Å². The van der Waals surface area contributed by atoms with Crippen LogP contribution >= 0.6 is 0 Å². The predicted octanol–water partition coefficient (Wildman–Crippen LogP) is 3.04. The van der Waals surface area contributed by atoms with Crippen molar-refractivity contribution in [3.8, 4) is 0 Å². The number of aliphatic imine (C=N–C) groups is 1. The molecule has 0 aliphatic carbocycles. The summed E-state index contributed by atoms with van der Waals surface area (Å²) >= 11 is 0. The van der Waals surface area contributed by atoms with E-state index in [0.29, 0.717) is 37.0 Å². The molecule has 2 rings (SSSR count). The maximum Gasteiger partial charge on any atom is 0.412 e. The molecule has 174 valence electrons. The van der Waals surface area contributed by atoms with Crippen LogP contribution in [0.15, 0.2) is 52.1 Å². The summed E-state index contributed by atoms with van der Waals surface area (Å²) < 4.78 is 10.4. The Morgan fingerprint density at radius 1 is 1.06 bits per heavy atom. The van der Waals surface area contributed by atoms with Crippen molar-refractivity contribution < 1.29 is 18.7 Å². The van der Waals surface area contributed by atoms with E-state index in [9.17, 15) is 9.59 Å². The molecule has 0 aliphatic heterocycles. The van der Waals surface area contributed by atoms with E-state index in [1.807, 2.05) is 52.0 Å². The predicted molar refractivity (Wildman–Crippen MR) is 125 cm³/mol. The van der Waals surface area contributed by atoms with E-state index in [2.05, 4.69) is 26.3 Å². The number of amides is 2. The first-order chi connectivity index (χ1) is 15.2. The number of nitrogens with zero attached hydrogens (tertiary/aromatic N) is 1. The van der Waals surface area contributed by atoms with Crippen molar-refractivity contribution in [1.29, 1.82) is 0 Å². The molecule has 9 heteroatoms. The van der Waals surface area contributed by atoms with Crippen molar-refractivity contribution in [2.24, 2.45) is 4.99 Å². The van der Waals surface area contributed by atoms with Crippen LogP contribution in [-0.4, -0.2) is 43.2 Å². The number of ether oxygens (including phenoxy) is 1. The molecule has 0 aliphatic rings. The van der Waals surface area contributed by atoms with Gasteiger partial charge in [-0.15, -0.1) is 0 Å². The van der Waals surface area contributed by atoms with Gasteiger partial charge in [0.2, 0.25) is 5.91 Å². The highest BCUT2D eigenvalue weighted by molar-refractivity contribution is 5.85. The lowest BCUT2D eigenvalue weighted by Crippen LogP contribution is -2.39. The Balaban J connectivity index is 1.75. The van der Waals surface area contributed by atoms with E-state index in [-0.39, 0.29) is 12.5 Å². The summed E-state index contributed by atoms with van der Waals surface area (Å²) in [5, 5.41) is 11.8. The molecular weight excluding hydrogens is 410 g/mol. The monoisotopic (exact) mass is 443 g/mol. The lowest BCUT2D eigenvalue weighted by Gasteiger charge is -2.19. The van der Waals surface area contributed by atoms with Gasteiger partial charge in [-0.3, -0.25) is 10.1 Å². The maximum atomic E-state index is 12.0. The summed E-state index contributed by atoms with van der Waals surface area (Å²) in [6, 6.07) is 11.1. The summed E-state index contributed by atoms with van der Waals surface area (Å²) in [6.45, 7) is 9.10. The average Bonchev–Trinajstić information content (AvgIpc) is 3.24. The summed E-state index contributed by atoms with van der Waals surface area (Å²) in [5.41, 5.74) is 1.23. The van der Waals surface area contributed by atoms with Crippen LogP contribution in [0.25, 0.3) is 0 Å². The van der Waals surface area contributed by atoms with Crippen LogP contribution in [-0.2, 0) is 22.5 Å². The molecule has 9 nitrogen and oxygen atoms in total. The van der Waals surface area contributed by atoms with E-state index >= 15 is 0 Å². The smallest absolute Gasteiger partial charge is 0.412 e. The van der Waals surface area contributed by atoms with Gasteiger partial charge in [-0.1, -0.05) is 12.1 Å². The van der Waals surface area contributed by atoms with E-state index < -0.39 is 11.7 Å². The molecule has 0 spiro atoms. The van der Waals surface area contributed by atoms with Gasteiger partial charge in [0.1, 0.15) is 17.9 Å². The fraction of sp³-hybridized carbons (Fsp3) is 0.435. The van der Waals surface area contributed by atoms with Gasteiger partial charge in [-0.05, 0) is 63.9 Å². The lowest BCUT2D eigenvalue weighted by molar-refractivity contribution is -0.119. The van der Waals surface area contributed by atoms with Crippen LogP contribution in [0.1, 0.15) is 39.0 Å². The van der Waals surface area contributed by atoms with Crippen LogP contribution < -0.4 is 21.3 Å². The second kappa shape index (κ2) is 12.4. The van der Waals surface area contributed by atoms with Gasteiger partial charge in [0.25, 0.3) is 0 Å². The van der Waals surface area contributed by atoms with Crippen LogP contribution in [0.4, 0.5) is 10.5 Å². The third-order valence-corrected chi connectivity index (χ3v) is 4.07. The summed E-state index contributed by atoms with van der Waals surface area (Å²) in [4.78, 5) is 28.1. The van der Waals surface area contributed by atoms with Gasteiger partial charge in [-0.2, -0.15) is 0 Å². The fourth-order valence-electron chi connectivity index (χ4n) is 2.65. The van der Waals surface area contributed by atoms with E-state index in [1.165, 1.54) is 0 Å². The highest BCUT2D eigenvalue weighted by Crippen LogP contribution is 2.13. The minimum Gasteiger partial charge on any atom is -0.467 e. The largest absolute Gasteiger partial charge is 0.467 e. The molecule has 1 aromatic carbocycles. The standard InChI is InChI=1S/C23H33N5O4/c1-5-24-21(27-16-20(29)26-15-19-7-6-14-31-19)25-13-12-17-8-10-18(11-9-17)28-22(30)32-23(2,3)4/h6-11,14H,5,12-13,15-16H2,1-4H3,(H,26,29)(H,28,30)(H2,24,25,27). The van der Waals surface area contributed by atoms with Gasteiger partial charge in [0.15, 0.2) is 5.96 Å². The minimum atomic E-state index is -0.540. The van der Waals surface area contributed by atoms with Gasteiger partial charge < -0.3 is 25.1 Å². The molecule has 0 saturated heterocycles. The van der Waals surface area contributed by atoms with Gasteiger partial charge in [-0.25, -0.2) is 9.79 Å². The normalized spacial score (nSPS) is 11.6. The highest BCUT2D eigenvalue weighted by Gasteiger charge is 2.16. The molecule has 0 unspecified atom stereocenters. The Morgan fingerprint density at radius 2 is 1.81 bits per heavy atom. The number of benzene rings is 1. The van der Waals surface area contributed by atoms with Gasteiger partial charge in [0.05, 0.1) is 12.8 Å². The third kappa shape index (κ3) is 10.0. The quantitative estimate of drug-likeness (QED) is 0.350. The molecule has 0 atom stereocenters. The molecule has 32 heavy (non-hydrogen) atoms. The maximum absolute atomic E-state index is 12.0. The van der Waals surface area contributed by atoms with Crippen molar-refractivity contribution in [2.75, 3.05) is 25.0 Å². The molecule has 0 bridgehead atoms. The van der Waals surface area contributed by atoms with Crippen LogP contribution in [0.5, 0.6) is 0 Å². The Labute approximate surface area is 189 Å². The molecular formula is C23H33N5O4. The van der Waals surface area contributed by atoms with E-state index in [0.717, 1.165) is 12.0 Å². The Bertz CT molecular complexity index is 871. The van der Waals surface area contributed by atoms with Crippen molar-refractivity contribution in [1.82, 2.24) is 16.0 Å². The van der Waals surface area contributed by atoms with Crippen LogP contribution in [0, 0.1) is 0 Å². The number of guanidine groups is 1. The van der Waals surface area contributed by atoms with Gasteiger partial charge >= 0.3 is 6.09 Å². The summed E-state index contributed by atoms with van der Waals surface area (Å²) in [5.74, 6) is 1.08. The number of rotatable bonds is 9. The zero-order valence-corrected chi connectivity index (χ0v) is 19.2. The number of carbonyl (C=O) groups excluding carboxylic acids is 2. The molecule has 0 radical (unpaired) electrons. The molecule has 1 heterocycles. The Morgan fingerprint density at radius 3 is 2.44 bits per heavy atom. The Hall–Kier alpha value is -3.49. The number of carbonyl (C=O) groups is 2. The topological polar surface area (TPSA) is 117 Å². The summed E-state index contributed by atoms with van der Waals surface area (Å²) in [6.07, 6.45) is 1.84. The van der Waals surface area contributed by atoms with Crippen LogP contribution in [0.2, 0.25) is 0 Å². The fourth-order valence-corrected chi connectivity index (χ4v) is 2.65. The number of nitrogens with one attached hydrogen (secondary N) is 4. The number of hydrogen-bond donors (Lipinski definition) is 4. The molecule has 0 fully saturated rings. The first-order valence-corrected chi connectivity index (χ1v) is 10.7. The number of anilines is 1. The second-order valence-corrected chi connectivity index (χ2v) is 8.05. The molecule has 2 amide bonds. The molecule has 4 N–H and O–H groups in total. The number of furan rings is 1. The molecule has 0 saturated carbocycles. The molecule has 1 aromatic heterocycles. The third-order valence-electron chi connectivity index (χ3n) is 4.07. The zero-order chi connectivity index (χ0) is 23.4. The minimum absolute atomic E-state index is 0.0150. The van der Waals surface area contributed by atoms with E-state index in [4.69, 9.17) is 9.15 Å². The zero-order valence-electron chi connectivity index (χ0n) is 19.2. The van der Waals surface area contributed by atoms with E-state index in [1.54, 1.807) is 18.4 Å². The molecule has 2 aromatic rings. The van der Waals surface area contributed by atoms with Crippen molar-refractivity contribution >= 4 is 23.6 Å². The van der Waals surface area contributed by atoms with Crippen LogP contribution in [0.3, 0.4) is 0 Å². The average molecular weight is 444 g/mol. The Kier molecular flexibility index (Phi) is 9.59. The number of hydrogen-bond acceptors (Lipinski definition) is 5. The highest BCUT2D eigenvalue weighted by atomic mass is 16.6. The van der Waals surface area contributed by atoms with Crippen molar-refractivity contribution in [3.05, 3.63) is 54.0 Å². The SMILES string of the molecule is CCNC(=NCC(=O)NCc1ccco1)NCCc1ccc(NC(=O)OC(C)(C)C)cc1. The second-order valence-electron chi connectivity index (χ2n) is 8.05. The first-order valence-electron chi connectivity index (χ1n) is 10.7. The summed E-state index contributed by atoms with van der Waals surface area (Å²) in [7, 11) is 0. The van der Waals surface area contributed by atoms with Crippen molar-refractivity contribution in [3.63, 3.8) is 0 Å². The lowest BCUT2D eigenvalue weighted by atomic mass is 10.1. The van der Waals surface area contributed by atoms with Gasteiger partial charge in [0, 0.05) is 18.8 Å².